The number of rotatable bonds is 5. The molecular weight excluding hydrogens is 340 g/mol. The number of carbonyl (C=O) groups is 1. The summed E-state index contributed by atoms with van der Waals surface area (Å²) in [6, 6.07) is 8.88. The molecule has 0 unspecified atom stereocenters. The molecular formula is C22H30N2OS. The lowest BCUT2D eigenvalue weighted by atomic mass is 9.92. The van der Waals surface area contributed by atoms with E-state index in [0.717, 1.165) is 18.7 Å². The molecule has 1 aromatic carbocycles. The van der Waals surface area contributed by atoms with Crippen molar-refractivity contribution in [3.05, 3.63) is 51.2 Å². The Morgan fingerprint density at radius 3 is 2.46 bits per heavy atom. The molecule has 0 saturated carbocycles. The maximum absolute atomic E-state index is 12.9. The van der Waals surface area contributed by atoms with E-state index in [1.165, 1.54) is 21.6 Å². The number of thiophene rings is 1. The van der Waals surface area contributed by atoms with Crippen LogP contribution < -0.4 is 5.32 Å². The van der Waals surface area contributed by atoms with Crippen molar-refractivity contribution in [2.75, 3.05) is 18.4 Å². The van der Waals surface area contributed by atoms with E-state index < -0.39 is 0 Å². The van der Waals surface area contributed by atoms with Gasteiger partial charge in [0.25, 0.3) is 0 Å². The third-order valence-corrected chi connectivity index (χ3v) is 6.38. The Morgan fingerprint density at radius 2 is 1.85 bits per heavy atom. The summed E-state index contributed by atoms with van der Waals surface area (Å²) in [5.74, 6) is 0.850. The fourth-order valence-electron chi connectivity index (χ4n) is 3.84. The fraction of sp³-hybridized carbons (Fsp3) is 0.500. The van der Waals surface area contributed by atoms with E-state index in [0.29, 0.717) is 24.4 Å². The van der Waals surface area contributed by atoms with Crippen LogP contribution in [0, 0.1) is 0 Å². The Bertz CT molecular complexity index is 752. The molecule has 26 heavy (non-hydrogen) atoms. The molecule has 3 nitrogen and oxygen atoms in total. The van der Waals surface area contributed by atoms with E-state index in [1.807, 2.05) is 11.3 Å². The average molecular weight is 371 g/mol. The van der Waals surface area contributed by atoms with Crippen LogP contribution in [-0.2, 0) is 11.2 Å². The van der Waals surface area contributed by atoms with Crippen molar-refractivity contribution < 1.29 is 4.79 Å². The number of benzene rings is 1. The summed E-state index contributed by atoms with van der Waals surface area (Å²) in [7, 11) is 0. The van der Waals surface area contributed by atoms with Gasteiger partial charge in [-0.15, -0.1) is 11.3 Å². The minimum atomic E-state index is 0.0885. The van der Waals surface area contributed by atoms with Gasteiger partial charge in [-0.2, -0.15) is 0 Å². The average Bonchev–Trinajstić information content (AvgIpc) is 3.06. The highest BCUT2D eigenvalue weighted by molar-refractivity contribution is 7.10. The molecule has 2 heterocycles. The van der Waals surface area contributed by atoms with E-state index in [4.69, 9.17) is 0 Å². The molecule has 1 atom stereocenters. The lowest BCUT2D eigenvalue weighted by molar-refractivity contribution is -0.117. The van der Waals surface area contributed by atoms with Crippen LogP contribution in [0.3, 0.4) is 0 Å². The van der Waals surface area contributed by atoms with E-state index in [9.17, 15) is 4.79 Å². The van der Waals surface area contributed by atoms with Gasteiger partial charge in [-0.3, -0.25) is 9.69 Å². The highest BCUT2D eigenvalue weighted by Gasteiger charge is 2.26. The minimum absolute atomic E-state index is 0.0885. The van der Waals surface area contributed by atoms with Gasteiger partial charge < -0.3 is 5.32 Å². The molecule has 0 saturated heterocycles. The molecule has 1 N–H and O–H groups in total. The normalized spacial score (nSPS) is 17.6. The third-order valence-electron chi connectivity index (χ3n) is 5.39. The Kier molecular flexibility index (Phi) is 5.83. The van der Waals surface area contributed by atoms with Crippen molar-refractivity contribution in [3.63, 3.8) is 0 Å². The summed E-state index contributed by atoms with van der Waals surface area (Å²) in [6.07, 6.45) is 1.05. The van der Waals surface area contributed by atoms with Crippen LogP contribution in [0.2, 0.25) is 0 Å². The Labute approximate surface area is 161 Å². The molecule has 3 rings (SSSR count). The van der Waals surface area contributed by atoms with Crippen molar-refractivity contribution in [1.29, 1.82) is 0 Å². The SMILES string of the molecule is CC(C)c1cccc(C(C)C)c1NC(=O)CN1CCc2sccc2[C@@H]1C. The highest BCUT2D eigenvalue weighted by Crippen LogP contribution is 2.34. The number of hydrogen-bond acceptors (Lipinski definition) is 3. The summed E-state index contributed by atoms with van der Waals surface area (Å²) >= 11 is 1.84. The van der Waals surface area contributed by atoms with Crippen LogP contribution in [0.1, 0.15) is 74.1 Å². The molecule has 1 aliphatic heterocycles. The first-order valence-electron chi connectivity index (χ1n) is 9.61. The fourth-order valence-corrected chi connectivity index (χ4v) is 4.80. The summed E-state index contributed by atoms with van der Waals surface area (Å²) in [6.45, 7) is 12.3. The lowest BCUT2D eigenvalue weighted by Crippen LogP contribution is -2.39. The first-order chi connectivity index (χ1) is 12.4. The molecule has 0 spiro atoms. The monoisotopic (exact) mass is 370 g/mol. The number of anilines is 1. The first-order valence-corrected chi connectivity index (χ1v) is 10.5. The predicted molar refractivity (Wildman–Crippen MR) is 111 cm³/mol. The van der Waals surface area contributed by atoms with E-state index in [-0.39, 0.29) is 5.91 Å². The molecule has 0 radical (unpaired) electrons. The number of nitrogens with one attached hydrogen (secondary N) is 1. The van der Waals surface area contributed by atoms with Crippen molar-refractivity contribution >= 4 is 22.9 Å². The lowest BCUT2D eigenvalue weighted by Gasteiger charge is -2.33. The van der Waals surface area contributed by atoms with Crippen molar-refractivity contribution in [2.24, 2.45) is 0 Å². The van der Waals surface area contributed by atoms with Gasteiger partial charge in [-0.1, -0.05) is 45.9 Å². The number of nitrogens with zero attached hydrogens (tertiary/aromatic N) is 1. The molecule has 1 aliphatic rings. The van der Waals surface area contributed by atoms with Crippen LogP contribution in [0.25, 0.3) is 0 Å². The zero-order valence-corrected chi connectivity index (χ0v) is 17.3. The molecule has 0 fully saturated rings. The minimum Gasteiger partial charge on any atom is -0.324 e. The second kappa shape index (κ2) is 7.93. The van der Waals surface area contributed by atoms with Crippen LogP contribution in [0.15, 0.2) is 29.6 Å². The maximum atomic E-state index is 12.9. The van der Waals surface area contributed by atoms with Gasteiger partial charge in [0.15, 0.2) is 0 Å². The largest absolute Gasteiger partial charge is 0.324 e. The Hall–Kier alpha value is -1.65. The molecule has 2 aromatic rings. The van der Waals surface area contributed by atoms with E-state index >= 15 is 0 Å². The molecule has 4 heteroatoms. The molecule has 1 aromatic heterocycles. The molecule has 1 amide bonds. The quantitative estimate of drug-likeness (QED) is 0.748. The van der Waals surface area contributed by atoms with Crippen LogP contribution >= 0.6 is 11.3 Å². The van der Waals surface area contributed by atoms with Gasteiger partial charge in [-0.05, 0) is 53.3 Å². The van der Waals surface area contributed by atoms with Crippen LogP contribution in [0.4, 0.5) is 5.69 Å². The molecule has 0 aliphatic carbocycles. The van der Waals surface area contributed by atoms with Gasteiger partial charge in [0.05, 0.1) is 6.54 Å². The number of para-hydroxylation sites is 1. The van der Waals surface area contributed by atoms with E-state index in [1.54, 1.807) is 0 Å². The van der Waals surface area contributed by atoms with Gasteiger partial charge in [0.1, 0.15) is 0 Å². The topological polar surface area (TPSA) is 32.3 Å². The first kappa shape index (κ1) is 19.1. The predicted octanol–water partition coefficient (Wildman–Crippen LogP) is 5.55. The number of carbonyl (C=O) groups excluding carboxylic acids is 1. The zero-order chi connectivity index (χ0) is 18.8. The van der Waals surface area contributed by atoms with Gasteiger partial charge in [-0.25, -0.2) is 0 Å². The second-order valence-corrected chi connectivity index (χ2v) is 8.87. The van der Waals surface area contributed by atoms with Crippen molar-refractivity contribution in [1.82, 2.24) is 4.90 Å². The van der Waals surface area contributed by atoms with Gasteiger partial charge >= 0.3 is 0 Å². The summed E-state index contributed by atoms with van der Waals surface area (Å²) in [5.41, 5.74) is 4.84. The van der Waals surface area contributed by atoms with Crippen LogP contribution in [0.5, 0.6) is 0 Å². The highest BCUT2D eigenvalue weighted by atomic mass is 32.1. The van der Waals surface area contributed by atoms with E-state index in [2.05, 4.69) is 74.5 Å². The standard InChI is InChI=1S/C22H30N2OS/c1-14(2)17-7-6-8-18(15(3)4)22(17)23-21(25)13-24-11-9-20-19(16(24)5)10-12-26-20/h6-8,10,12,14-16H,9,11,13H2,1-5H3,(H,23,25)/t16-/m0/s1. The number of amides is 1. The summed E-state index contributed by atoms with van der Waals surface area (Å²) in [4.78, 5) is 16.6. The van der Waals surface area contributed by atoms with Gasteiger partial charge in [0, 0.05) is 23.2 Å². The number of fused-ring (bicyclic) bond motifs is 1. The Morgan fingerprint density at radius 1 is 1.19 bits per heavy atom. The van der Waals surface area contributed by atoms with Crippen molar-refractivity contribution in [3.8, 4) is 0 Å². The van der Waals surface area contributed by atoms with Gasteiger partial charge in [0.2, 0.25) is 5.91 Å². The summed E-state index contributed by atoms with van der Waals surface area (Å²) < 4.78 is 0. The smallest absolute Gasteiger partial charge is 0.238 e. The number of hydrogen-bond donors (Lipinski definition) is 1. The zero-order valence-electron chi connectivity index (χ0n) is 16.5. The molecule has 0 bridgehead atoms. The maximum Gasteiger partial charge on any atom is 0.238 e. The third kappa shape index (κ3) is 3.86. The van der Waals surface area contributed by atoms with Crippen LogP contribution in [-0.4, -0.2) is 23.9 Å². The second-order valence-electron chi connectivity index (χ2n) is 7.86. The summed E-state index contributed by atoms with van der Waals surface area (Å²) in [5, 5.41) is 5.41. The Balaban J connectivity index is 1.77. The van der Waals surface area contributed by atoms with Crippen molar-refractivity contribution in [2.45, 2.75) is 58.9 Å². The molecule has 140 valence electrons.